The highest BCUT2D eigenvalue weighted by molar-refractivity contribution is 8.22. The van der Waals surface area contributed by atoms with Gasteiger partial charge in [-0.25, -0.2) is 0 Å². The molecule has 0 atom stereocenters. The maximum Gasteiger partial charge on any atom is 0.203 e. The fourth-order valence-corrected chi connectivity index (χ4v) is 3.37. The van der Waals surface area contributed by atoms with Crippen LogP contribution in [0.1, 0.15) is 5.56 Å². The zero-order valence-electron chi connectivity index (χ0n) is 14.5. The number of hydrogen-bond acceptors (Lipinski definition) is 6. The third kappa shape index (κ3) is 4.81. The first-order chi connectivity index (χ1) is 11.1. The Morgan fingerprint density at radius 2 is 1.67 bits per heavy atom. The standard InChI is InChI=1S/C16H24N2O3S2.ClH/c1-19-13-6-5-12(14(20-2)15(13)21-3)11-17-7-9-18(10-8-17)16(22)23-4;/h5-6H,7-11H2,1-4H3;1H. The first-order valence-electron chi connectivity index (χ1n) is 7.47. The van der Waals surface area contributed by atoms with Crippen molar-refractivity contribution in [2.24, 2.45) is 0 Å². The van der Waals surface area contributed by atoms with Crippen LogP contribution >= 0.6 is 36.4 Å². The maximum atomic E-state index is 5.56. The Hall–Kier alpha value is -0.890. The zero-order valence-corrected chi connectivity index (χ0v) is 17.0. The van der Waals surface area contributed by atoms with E-state index in [0.717, 1.165) is 48.4 Å². The molecule has 5 nitrogen and oxygen atoms in total. The first-order valence-corrected chi connectivity index (χ1v) is 9.11. The second-order valence-electron chi connectivity index (χ2n) is 5.23. The molecule has 1 heterocycles. The molecule has 0 saturated carbocycles. The van der Waals surface area contributed by atoms with Crippen molar-refractivity contribution in [2.45, 2.75) is 6.54 Å². The predicted molar refractivity (Wildman–Crippen MR) is 106 cm³/mol. The summed E-state index contributed by atoms with van der Waals surface area (Å²) in [4.78, 5) is 4.67. The third-order valence-corrected chi connectivity index (χ3v) is 5.35. The van der Waals surface area contributed by atoms with Crippen molar-refractivity contribution in [3.63, 3.8) is 0 Å². The van der Waals surface area contributed by atoms with Crippen LogP contribution in [0.2, 0.25) is 0 Å². The van der Waals surface area contributed by atoms with E-state index in [1.807, 2.05) is 18.4 Å². The van der Waals surface area contributed by atoms with Gasteiger partial charge in [-0.05, 0) is 12.3 Å². The summed E-state index contributed by atoms with van der Waals surface area (Å²) in [6, 6.07) is 3.97. The summed E-state index contributed by atoms with van der Waals surface area (Å²) >= 11 is 7.00. The van der Waals surface area contributed by atoms with Crippen LogP contribution < -0.4 is 14.2 Å². The molecular weight excluding hydrogens is 368 g/mol. The molecule has 0 spiro atoms. The zero-order chi connectivity index (χ0) is 16.8. The number of nitrogens with zero attached hydrogens (tertiary/aromatic N) is 2. The molecule has 8 heteroatoms. The van der Waals surface area contributed by atoms with Gasteiger partial charge >= 0.3 is 0 Å². The molecule has 24 heavy (non-hydrogen) atoms. The van der Waals surface area contributed by atoms with Gasteiger partial charge in [-0.3, -0.25) is 4.90 Å². The lowest BCUT2D eigenvalue weighted by Crippen LogP contribution is -2.47. The Morgan fingerprint density at radius 3 is 2.17 bits per heavy atom. The van der Waals surface area contributed by atoms with Crippen molar-refractivity contribution in [1.82, 2.24) is 9.80 Å². The van der Waals surface area contributed by atoms with E-state index in [1.165, 1.54) is 0 Å². The Bertz CT molecular complexity index is 552. The maximum absolute atomic E-state index is 5.56. The van der Waals surface area contributed by atoms with Crippen molar-refractivity contribution in [3.05, 3.63) is 17.7 Å². The molecule has 0 unspecified atom stereocenters. The number of hydrogen-bond donors (Lipinski definition) is 0. The minimum absolute atomic E-state index is 0. The molecular formula is C16H25ClN2O3S2. The number of benzene rings is 1. The minimum Gasteiger partial charge on any atom is -0.493 e. The summed E-state index contributed by atoms with van der Waals surface area (Å²) in [6.07, 6.45) is 2.03. The Morgan fingerprint density at radius 1 is 1.04 bits per heavy atom. The van der Waals surface area contributed by atoms with Crippen LogP contribution in [0.4, 0.5) is 0 Å². The normalized spacial score (nSPS) is 14.8. The number of piperazine rings is 1. The highest BCUT2D eigenvalue weighted by atomic mass is 35.5. The highest BCUT2D eigenvalue weighted by Gasteiger charge is 2.22. The summed E-state index contributed by atoms with van der Waals surface area (Å²) in [7, 11) is 4.92. The molecule has 1 aromatic rings. The number of methoxy groups -OCH3 is 3. The van der Waals surface area contributed by atoms with Crippen LogP contribution in [0.5, 0.6) is 17.2 Å². The number of ether oxygens (including phenoxy) is 3. The number of halogens is 1. The van der Waals surface area contributed by atoms with Gasteiger partial charge in [0, 0.05) is 38.3 Å². The molecule has 0 bridgehead atoms. The number of thiocarbonyl (C=S) groups is 1. The van der Waals surface area contributed by atoms with Crippen LogP contribution in [0, 0.1) is 0 Å². The molecule has 1 saturated heterocycles. The van der Waals surface area contributed by atoms with Gasteiger partial charge in [0.25, 0.3) is 0 Å². The van der Waals surface area contributed by atoms with E-state index < -0.39 is 0 Å². The topological polar surface area (TPSA) is 34.2 Å². The number of rotatable bonds is 5. The molecule has 1 aliphatic rings. The van der Waals surface area contributed by atoms with E-state index in [2.05, 4.69) is 9.80 Å². The summed E-state index contributed by atoms with van der Waals surface area (Å²) in [5.41, 5.74) is 1.10. The van der Waals surface area contributed by atoms with Gasteiger partial charge in [0.1, 0.15) is 4.32 Å². The van der Waals surface area contributed by atoms with Crippen LogP contribution in [0.15, 0.2) is 12.1 Å². The molecule has 0 aromatic heterocycles. The monoisotopic (exact) mass is 392 g/mol. The first kappa shape index (κ1) is 21.2. The molecule has 1 fully saturated rings. The molecule has 136 valence electrons. The van der Waals surface area contributed by atoms with E-state index >= 15 is 0 Å². The molecule has 2 rings (SSSR count). The Labute approximate surface area is 160 Å². The van der Waals surface area contributed by atoms with Gasteiger partial charge in [-0.1, -0.05) is 18.3 Å². The quantitative estimate of drug-likeness (QED) is 0.712. The van der Waals surface area contributed by atoms with E-state index in [-0.39, 0.29) is 12.4 Å². The molecule has 1 aromatic carbocycles. The fourth-order valence-electron chi connectivity index (χ4n) is 2.75. The van der Waals surface area contributed by atoms with Gasteiger partial charge in [-0.15, -0.1) is 24.2 Å². The van der Waals surface area contributed by atoms with Crippen molar-refractivity contribution in [2.75, 3.05) is 53.8 Å². The second-order valence-corrected chi connectivity index (χ2v) is 6.67. The van der Waals surface area contributed by atoms with Crippen LogP contribution in [0.3, 0.4) is 0 Å². The van der Waals surface area contributed by atoms with E-state index in [9.17, 15) is 0 Å². The summed E-state index contributed by atoms with van der Waals surface area (Å²) in [5, 5.41) is 0. The smallest absolute Gasteiger partial charge is 0.203 e. The van der Waals surface area contributed by atoms with E-state index in [1.54, 1.807) is 33.1 Å². The summed E-state index contributed by atoms with van der Waals surface area (Å²) in [6.45, 7) is 4.73. The Balaban J connectivity index is 0.00000288. The third-order valence-electron chi connectivity index (χ3n) is 3.98. The van der Waals surface area contributed by atoms with Gasteiger partial charge in [0.2, 0.25) is 5.75 Å². The SMILES string of the molecule is COc1ccc(CN2CCN(C(=S)SC)CC2)c(OC)c1OC.Cl. The van der Waals surface area contributed by atoms with Crippen molar-refractivity contribution >= 4 is 40.7 Å². The van der Waals surface area contributed by atoms with Crippen LogP contribution in [0.25, 0.3) is 0 Å². The molecule has 0 radical (unpaired) electrons. The summed E-state index contributed by atoms with van der Waals surface area (Å²) < 4.78 is 17.3. The predicted octanol–water partition coefficient (Wildman–Crippen LogP) is 2.90. The summed E-state index contributed by atoms with van der Waals surface area (Å²) in [5.74, 6) is 2.08. The lowest BCUT2D eigenvalue weighted by Gasteiger charge is -2.35. The van der Waals surface area contributed by atoms with E-state index in [4.69, 9.17) is 26.4 Å². The largest absolute Gasteiger partial charge is 0.493 e. The Kier molecular flexibility index (Phi) is 8.97. The van der Waals surface area contributed by atoms with Gasteiger partial charge in [0.05, 0.1) is 21.3 Å². The van der Waals surface area contributed by atoms with Gasteiger partial charge in [-0.2, -0.15) is 0 Å². The molecule has 0 N–H and O–H groups in total. The lowest BCUT2D eigenvalue weighted by atomic mass is 10.1. The molecule has 0 amide bonds. The van der Waals surface area contributed by atoms with Crippen molar-refractivity contribution in [1.29, 1.82) is 0 Å². The second kappa shape index (κ2) is 10.2. The van der Waals surface area contributed by atoms with Gasteiger partial charge < -0.3 is 19.1 Å². The molecule has 0 aliphatic carbocycles. The van der Waals surface area contributed by atoms with Crippen molar-refractivity contribution in [3.8, 4) is 17.2 Å². The average molecular weight is 393 g/mol. The lowest BCUT2D eigenvalue weighted by molar-refractivity contribution is 0.177. The highest BCUT2D eigenvalue weighted by Crippen LogP contribution is 2.40. The van der Waals surface area contributed by atoms with Crippen LogP contribution in [-0.2, 0) is 6.54 Å². The molecule has 1 aliphatic heterocycles. The average Bonchev–Trinajstić information content (AvgIpc) is 2.61. The van der Waals surface area contributed by atoms with E-state index in [0.29, 0.717) is 11.5 Å². The number of thioether (sulfide) groups is 1. The fraction of sp³-hybridized carbons (Fsp3) is 0.562. The van der Waals surface area contributed by atoms with Crippen molar-refractivity contribution < 1.29 is 14.2 Å². The van der Waals surface area contributed by atoms with Crippen LogP contribution in [-0.4, -0.2) is 67.9 Å². The van der Waals surface area contributed by atoms with Gasteiger partial charge in [0.15, 0.2) is 11.5 Å². The minimum atomic E-state index is 0.